The molecular formula is C11H12O8. The molecular weight excluding hydrogens is 260 g/mol. The third-order valence-electron chi connectivity index (χ3n) is 1.76. The van der Waals surface area contributed by atoms with Gasteiger partial charge in [-0.1, -0.05) is 0 Å². The number of Topliss-reactive ketones (excluding diaryl/α,β-unsaturated/α-hetero) is 1. The number of carbonyl (C=O) groups excluding carboxylic acids is 2. The van der Waals surface area contributed by atoms with Crippen LogP contribution in [0.2, 0.25) is 0 Å². The summed E-state index contributed by atoms with van der Waals surface area (Å²) >= 11 is 0. The lowest BCUT2D eigenvalue weighted by Gasteiger charge is -1.88. The van der Waals surface area contributed by atoms with Crippen LogP contribution in [0, 0.1) is 0 Å². The van der Waals surface area contributed by atoms with Gasteiger partial charge >= 0.3 is 11.9 Å². The molecule has 0 aromatic carbocycles. The molecule has 0 spiro atoms. The molecule has 1 heterocycles. The maximum atomic E-state index is 10.2. The molecule has 19 heavy (non-hydrogen) atoms. The summed E-state index contributed by atoms with van der Waals surface area (Å²) in [5, 5.41) is 24.4. The van der Waals surface area contributed by atoms with Crippen molar-refractivity contribution in [2.45, 2.75) is 19.4 Å². The average Bonchev–Trinajstić information content (AvgIpc) is 2.84. The highest BCUT2D eigenvalue weighted by atomic mass is 16.4. The number of carbonyl (C=O) groups is 4. The van der Waals surface area contributed by atoms with Gasteiger partial charge in [-0.2, -0.15) is 0 Å². The van der Waals surface area contributed by atoms with Crippen LogP contribution in [0.1, 0.15) is 29.2 Å². The van der Waals surface area contributed by atoms with Gasteiger partial charge in [0.1, 0.15) is 12.4 Å². The Bertz CT molecular complexity index is 459. The van der Waals surface area contributed by atoms with Gasteiger partial charge in [0.05, 0.1) is 6.42 Å². The van der Waals surface area contributed by atoms with Crippen LogP contribution in [0.25, 0.3) is 0 Å². The van der Waals surface area contributed by atoms with Crippen LogP contribution in [0.3, 0.4) is 0 Å². The summed E-state index contributed by atoms with van der Waals surface area (Å²) in [4.78, 5) is 39.7. The van der Waals surface area contributed by atoms with E-state index in [-0.39, 0.29) is 12.4 Å². The fourth-order valence-corrected chi connectivity index (χ4v) is 0.870. The fraction of sp³-hybridized carbons (Fsp3) is 0.273. The number of aliphatic hydroxyl groups is 1. The summed E-state index contributed by atoms with van der Waals surface area (Å²) in [6, 6.07) is 3.07. The number of furan rings is 1. The summed E-state index contributed by atoms with van der Waals surface area (Å²) in [7, 11) is 0. The molecule has 8 nitrogen and oxygen atoms in total. The molecule has 0 saturated carbocycles. The molecule has 0 aliphatic carbocycles. The van der Waals surface area contributed by atoms with E-state index in [2.05, 4.69) is 0 Å². The standard InChI is InChI=1S/C6H6O3.C5H6O5/c7-3-5-1-2-6(4-8)9-5;6-3(5(9)10)1-2-4(7)8/h1-3,8H,4H2;1-2H2,(H,7,8)(H,9,10). The average molecular weight is 272 g/mol. The highest BCUT2D eigenvalue weighted by molar-refractivity contribution is 6.32. The van der Waals surface area contributed by atoms with Gasteiger partial charge in [-0.15, -0.1) is 0 Å². The molecule has 0 saturated heterocycles. The van der Waals surface area contributed by atoms with E-state index in [0.717, 1.165) is 0 Å². The predicted octanol–water partition coefficient (Wildman–Crippen LogP) is 0.0893. The van der Waals surface area contributed by atoms with E-state index in [9.17, 15) is 19.2 Å². The first-order chi connectivity index (χ1) is 8.90. The molecule has 0 radical (unpaired) electrons. The molecule has 0 atom stereocenters. The van der Waals surface area contributed by atoms with Crippen molar-refractivity contribution in [3.05, 3.63) is 23.7 Å². The third-order valence-corrected chi connectivity index (χ3v) is 1.76. The van der Waals surface area contributed by atoms with Crippen molar-refractivity contribution in [1.82, 2.24) is 0 Å². The molecule has 8 heteroatoms. The van der Waals surface area contributed by atoms with Crippen LogP contribution in [-0.2, 0) is 21.0 Å². The molecule has 0 aliphatic rings. The molecule has 1 rings (SSSR count). The minimum Gasteiger partial charge on any atom is -0.481 e. The Labute approximate surface area is 107 Å². The van der Waals surface area contributed by atoms with Gasteiger partial charge in [-0.3, -0.25) is 14.4 Å². The number of carboxylic acids is 2. The SMILES string of the molecule is O=C(O)CCC(=O)C(=O)O.O=Cc1ccc(CO)o1. The van der Waals surface area contributed by atoms with Crippen LogP contribution in [0.5, 0.6) is 0 Å². The predicted molar refractivity (Wildman–Crippen MR) is 59.5 cm³/mol. The minimum atomic E-state index is -1.58. The Morgan fingerprint density at radius 2 is 1.79 bits per heavy atom. The first-order valence-corrected chi connectivity index (χ1v) is 5.03. The molecule has 1 aromatic rings. The van der Waals surface area contributed by atoms with Crippen LogP contribution in [0.15, 0.2) is 16.5 Å². The molecule has 1 aromatic heterocycles. The van der Waals surface area contributed by atoms with Crippen molar-refractivity contribution < 1.29 is 38.9 Å². The molecule has 104 valence electrons. The van der Waals surface area contributed by atoms with Crippen molar-refractivity contribution in [2.75, 3.05) is 0 Å². The maximum Gasteiger partial charge on any atom is 0.372 e. The number of hydrogen-bond acceptors (Lipinski definition) is 6. The lowest BCUT2D eigenvalue weighted by atomic mass is 10.2. The number of aliphatic carboxylic acids is 2. The summed E-state index contributed by atoms with van der Waals surface area (Å²) < 4.78 is 4.76. The molecule has 0 bridgehead atoms. The normalized spacial score (nSPS) is 9.11. The summed E-state index contributed by atoms with van der Waals surface area (Å²) in [5.41, 5.74) is 0. The van der Waals surface area contributed by atoms with Crippen molar-refractivity contribution in [2.24, 2.45) is 0 Å². The number of hydrogen-bond donors (Lipinski definition) is 3. The second-order valence-electron chi connectivity index (χ2n) is 3.20. The zero-order valence-corrected chi connectivity index (χ0v) is 9.74. The van der Waals surface area contributed by atoms with Gasteiger partial charge in [0, 0.05) is 6.42 Å². The van der Waals surface area contributed by atoms with Gasteiger partial charge < -0.3 is 19.7 Å². The lowest BCUT2D eigenvalue weighted by molar-refractivity contribution is -0.149. The van der Waals surface area contributed by atoms with Gasteiger partial charge in [-0.05, 0) is 12.1 Å². The van der Waals surface area contributed by atoms with Crippen molar-refractivity contribution >= 4 is 24.0 Å². The number of ketones is 1. The molecule has 0 fully saturated rings. The first-order valence-electron chi connectivity index (χ1n) is 5.03. The monoisotopic (exact) mass is 272 g/mol. The number of aldehydes is 1. The van der Waals surface area contributed by atoms with Gasteiger partial charge in [-0.25, -0.2) is 4.79 Å². The summed E-state index contributed by atoms with van der Waals surface area (Å²) in [5.74, 6) is -3.16. The zero-order valence-electron chi connectivity index (χ0n) is 9.74. The van der Waals surface area contributed by atoms with E-state index in [1.807, 2.05) is 0 Å². The first kappa shape index (κ1) is 16.5. The fourth-order valence-electron chi connectivity index (χ4n) is 0.870. The molecule has 0 aliphatic heterocycles. The number of aliphatic hydroxyl groups excluding tert-OH is 1. The van der Waals surface area contributed by atoms with Crippen LogP contribution in [-0.4, -0.2) is 39.3 Å². The van der Waals surface area contributed by atoms with E-state index in [1.54, 1.807) is 6.07 Å². The van der Waals surface area contributed by atoms with Crippen molar-refractivity contribution in [1.29, 1.82) is 0 Å². The topological polar surface area (TPSA) is 142 Å². The van der Waals surface area contributed by atoms with Crippen LogP contribution >= 0.6 is 0 Å². The quantitative estimate of drug-likeness (QED) is 0.488. The van der Waals surface area contributed by atoms with E-state index in [1.165, 1.54) is 6.07 Å². The van der Waals surface area contributed by atoms with Gasteiger partial charge in [0.15, 0.2) is 12.0 Å². The maximum absolute atomic E-state index is 10.2. The molecule has 3 N–H and O–H groups in total. The highest BCUT2D eigenvalue weighted by Gasteiger charge is 2.12. The zero-order chi connectivity index (χ0) is 14.8. The minimum absolute atomic E-state index is 0.159. The summed E-state index contributed by atoms with van der Waals surface area (Å²) in [6.45, 7) is -0.159. The Balaban J connectivity index is 0.000000342. The Morgan fingerprint density at radius 1 is 1.16 bits per heavy atom. The van der Waals surface area contributed by atoms with Gasteiger partial charge in [0.25, 0.3) is 0 Å². The number of rotatable bonds is 6. The molecule has 0 amide bonds. The largest absolute Gasteiger partial charge is 0.481 e. The second kappa shape index (κ2) is 8.59. The Hall–Kier alpha value is -2.48. The third kappa shape index (κ3) is 7.45. The second-order valence-corrected chi connectivity index (χ2v) is 3.20. The Morgan fingerprint density at radius 3 is 2.11 bits per heavy atom. The molecule has 0 unspecified atom stereocenters. The van der Waals surface area contributed by atoms with Crippen LogP contribution in [0.4, 0.5) is 0 Å². The van der Waals surface area contributed by atoms with E-state index < -0.39 is 30.6 Å². The van der Waals surface area contributed by atoms with Crippen LogP contribution < -0.4 is 0 Å². The van der Waals surface area contributed by atoms with E-state index in [4.69, 9.17) is 19.7 Å². The lowest BCUT2D eigenvalue weighted by Crippen LogP contribution is -2.13. The Kier molecular flexibility index (Phi) is 7.47. The van der Waals surface area contributed by atoms with E-state index >= 15 is 0 Å². The van der Waals surface area contributed by atoms with E-state index in [0.29, 0.717) is 12.0 Å². The van der Waals surface area contributed by atoms with Crippen molar-refractivity contribution in [3.8, 4) is 0 Å². The summed E-state index contributed by atoms with van der Waals surface area (Å²) in [6.07, 6.45) is -0.269. The number of carboxylic acid groups (broad SMARTS) is 2. The smallest absolute Gasteiger partial charge is 0.372 e. The van der Waals surface area contributed by atoms with Gasteiger partial charge in [0.2, 0.25) is 5.78 Å². The highest BCUT2D eigenvalue weighted by Crippen LogP contribution is 2.03. The van der Waals surface area contributed by atoms with Crippen molar-refractivity contribution in [3.63, 3.8) is 0 Å².